The smallest absolute Gasteiger partial charge is 0.262 e. The minimum atomic E-state index is -3.42. The minimum absolute atomic E-state index is 0.0813. The van der Waals surface area contributed by atoms with Crippen molar-refractivity contribution in [1.82, 2.24) is 9.55 Å². The van der Waals surface area contributed by atoms with Gasteiger partial charge in [-0.05, 0) is 44.0 Å². The van der Waals surface area contributed by atoms with Gasteiger partial charge in [0.05, 0.1) is 23.7 Å². The fourth-order valence-corrected chi connectivity index (χ4v) is 4.49. The van der Waals surface area contributed by atoms with E-state index in [2.05, 4.69) is 15.0 Å². The Labute approximate surface area is 172 Å². The van der Waals surface area contributed by atoms with Crippen LogP contribution in [0.2, 0.25) is 0 Å². The Balaban J connectivity index is 1.71. The van der Waals surface area contributed by atoms with E-state index in [4.69, 9.17) is 0 Å². The Kier molecular flexibility index (Phi) is 5.76. The van der Waals surface area contributed by atoms with E-state index >= 15 is 0 Å². The summed E-state index contributed by atoms with van der Waals surface area (Å²) in [5.41, 5.74) is 2.38. The number of rotatable bonds is 6. The molecule has 1 aromatic carbocycles. The number of fused-ring (bicyclic) bond motifs is 1. The topological polar surface area (TPSA) is 110 Å². The maximum atomic E-state index is 12.7. The van der Waals surface area contributed by atoms with Crippen LogP contribution in [-0.4, -0.2) is 30.1 Å². The molecule has 0 fully saturated rings. The fourth-order valence-electron chi connectivity index (χ4n) is 2.88. The lowest BCUT2D eigenvalue weighted by molar-refractivity contribution is -0.116. The van der Waals surface area contributed by atoms with Crippen LogP contribution in [0.1, 0.15) is 22.4 Å². The first kappa shape index (κ1) is 21.0. The van der Waals surface area contributed by atoms with Crippen LogP contribution in [0.15, 0.2) is 29.3 Å². The molecule has 0 atom stereocenters. The standard InChI is InChI=1S/C19H22N4O4S2/c1-11-5-6-14(9-15(11)22-29(4,26)27)21-16(24)7-8-23-10-20-18-17(19(23)25)12(2)13(3)28-18/h5-6,9-10,22H,7-8H2,1-4H3,(H,21,24). The molecule has 0 aliphatic carbocycles. The van der Waals surface area contributed by atoms with E-state index in [1.807, 2.05) is 13.8 Å². The van der Waals surface area contributed by atoms with Crippen molar-refractivity contribution in [1.29, 1.82) is 0 Å². The van der Waals surface area contributed by atoms with E-state index < -0.39 is 10.0 Å². The van der Waals surface area contributed by atoms with E-state index in [0.717, 1.165) is 22.3 Å². The summed E-state index contributed by atoms with van der Waals surface area (Å²) in [6.45, 7) is 5.81. The van der Waals surface area contributed by atoms with Crippen LogP contribution in [0.3, 0.4) is 0 Å². The van der Waals surface area contributed by atoms with Crippen molar-refractivity contribution in [3.05, 3.63) is 50.9 Å². The van der Waals surface area contributed by atoms with Gasteiger partial charge in [0.1, 0.15) is 4.83 Å². The van der Waals surface area contributed by atoms with Crippen LogP contribution >= 0.6 is 11.3 Å². The third kappa shape index (κ3) is 4.83. The highest BCUT2D eigenvalue weighted by Gasteiger charge is 2.13. The number of anilines is 2. The lowest BCUT2D eigenvalue weighted by atomic mass is 10.2. The van der Waals surface area contributed by atoms with Crippen molar-refractivity contribution in [3.8, 4) is 0 Å². The molecule has 0 aliphatic rings. The Morgan fingerprint density at radius 2 is 1.97 bits per heavy atom. The van der Waals surface area contributed by atoms with Crippen molar-refractivity contribution in [3.63, 3.8) is 0 Å². The number of thiophene rings is 1. The molecular formula is C19H22N4O4S2. The summed E-state index contributed by atoms with van der Waals surface area (Å²) in [4.78, 5) is 31.1. The predicted molar refractivity (Wildman–Crippen MR) is 116 cm³/mol. The van der Waals surface area contributed by atoms with Gasteiger partial charge in [-0.25, -0.2) is 13.4 Å². The highest BCUT2D eigenvalue weighted by Crippen LogP contribution is 2.25. The molecule has 154 valence electrons. The number of amides is 1. The van der Waals surface area contributed by atoms with E-state index in [9.17, 15) is 18.0 Å². The second-order valence-corrected chi connectivity index (χ2v) is 9.86. The molecule has 8 nitrogen and oxygen atoms in total. The Bertz CT molecular complexity index is 1260. The van der Waals surface area contributed by atoms with Crippen molar-refractivity contribution >= 4 is 48.9 Å². The van der Waals surface area contributed by atoms with Crippen LogP contribution in [0.25, 0.3) is 10.2 Å². The zero-order chi connectivity index (χ0) is 21.3. The summed E-state index contributed by atoms with van der Waals surface area (Å²) in [5.74, 6) is -0.288. The average Bonchev–Trinajstić information content (AvgIpc) is 2.91. The van der Waals surface area contributed by atoms with E-state index in [-0.39, 0.29) is 24.4 Å². The summed E-state index contributed by atoms with van der Waals surface area (Å²) in [5, 5.41) is 3.33. The highest BCUT2D eigenvalue weighted by molar-refractivity contribution is 7.92. The number of aromatic nitrogens is 2. The van der Waals surface area contributed by atoms with Crippen molar-refractivity contribution in [2.24, 2.45) is 0 Å². The number of aryl methyl sites for hydroxylation is 4. The SMILES string of the molecule is Cc1ccc(NC(=O)CCn2cnc3sc(C)c(C)c3c2=O)cc1NS(C)(=O)=O. The maximum absolute atomic E-state index is 12.7. The first-order valence-electron chi connectivity index (χ1n) is 8.88. The molecule has 0 aliphatic heterocycles. The summed E-state index contributed by atoms with van der Waals surface area (Å²) >= 11 is 1.48. The van der Waals surface area contributed by atoms with E-state index in [1.54, 1.807) is 25.1 Å². The van der Waals surface area contributed by atoms with Crippen LogP contribution in [0.5, 0.6) is 0 Å². The third-order valence-electron chi connectivity index (χ3n) is 4.55. The van der Waals surface area contributed by atoms with Gasteiger partial charge in [0, 0.05) is 23.5 Å². The van der Waals surface area contributed by atoms with Crippen molar-refractivity contribution < 1.29 is 13.2 Å². The number of hydrogen-bond donors (Lipinski definition) is 2. The zero-order valence-corrected chi connectivity index (χ0v) is 18.2. The number of nitrogens with one attached hydrogen (secondary N) is 2. The molecular weight excluding hydrogens is 412 g/mol. The number of carbonyl (C=O) groups excluding carboxylic acids is 1. The minimum Gasteiger partial charge on any atom is -0.326 e. The highest BCUT2D eigenvalue weighted by atomic mass is 32.2. The van der Waals surface area contributed by atoms with Crippen molar-refractivity contribution in [2.75, 3.05) is 16.3 Å². The van der Waals surface area contributed by atoms with Gasteiger partial charge < -0.3 is 5.32 Å². The number of sulfonamides is 1. The Hall–Kier alpha value is -2.72. The maximum Gasteiger partial charge on any atom is 0.262 e. The molecule has 3 aromatic rings. The number of hydrogen-bond acceptors (Lipinski definition) is 6. The van der Waals surface area contributed by atoms with Crippen LogP contribution in [0, 0.1) is 20.8 Å². The summed E-state index contributed by atoms with van der Waals surface area (Å²) < 4.78 is 26.8. The van der Waals surface area contributed by atoms with E-state index in [0.29, 0.717) is 21.6 Å². The molecule has 1 amide bonds. The third-order valence-corrected chi connectivity index (χ3v) is 6.26. The van der Waals surface area contributed by atoms with Gasteiger partial charge in [-0.2, -0.15) is 0 Å². The molecule has 0 saturated carbocycles. The van der Waals surface area contributed by atoms with Gasteiger partial charge in [0.25, 0.3) is 5.56 Å². The van der Waals surface area contributed by atoms with Crippen LogP contribution in [0.4, 0.5) is 11.4 Å². The van der Waals surface area contributed by atoms with Gasteiger partial charge >= 0.3 is 0 Å². The molecule has 0 saturated heterocycles. The van der Waals surface area contributed by atoms with Crippen LogP contribution < -0.4 is 15.6 Å². The van der Waals surface area contributed by atoms with Crippen LogP contribution in [-0.2, 0) is 21.4 Å². The first-order chi connectivity index (χ1) is 13.5. The monoisotopic (exact) mass is 434 g/mol. The Morgan fingerprint density at radius 1 is 1.24 bits per heavy atom. The van der Waals surface area contributed by atoms with Gasteiger partial charge in [-0.15, -0.1) is 11.3 Å². The molecule has 2 heterocycles. The largest absolute Gasteiger partial charge is 0.326 e. The number of benzene rings is 1. The molecule has 0 radical (unpaired) electrons. The van der Waals surface area contributed by atoms with Crippen molar-refractivity contribution in [2.45, 2.75) is 33.7 Å². The quantitative estimate of drug-likeness (QED) is 0.620. The molecule has 10 heteroatoms. The normalized spacial score (nSPS) is 11.6. The molecule has 0 spiro atoms. The molecule has 0 unspecified atom stereocenters. The van der Waals surface area contributed by atoms with E-state index in [1.165, 1.54) is 22.2 Å². The average molecular weight is 435 g/mol. The summed E-state index contributed by atoms with van der Waals surface area (Å²) in [6, 6.07) is 4.97. The summed E-state index contributed by atoms with van der Waals surface area (Å²) in [7, 11) is -3.42. The molecule has 29 heavy (non-hydrogen) atoms. The van der Waals surface area contributed by atoms with Gasteiger partial charge in [-0.3, -0.25) is 18.9 Å². The first-order valence-corrected chi connectivity index (χ1v) is 11.6. The fraction of sp³-hybridized carbons (Fsp3) is 0.316. The number of carbonyl (C=O) groups is 1. The number of nitrogens with zero attached hydrogens (tertiary/aromatic N) is 2. The Morgan fingerprint density at radius 3 is 2.66 bits per heavy atom. The van der Waals surface area contributed by atoms with Gasteiger partial charge in [-0.1, -0.05) is 6.07 Å². The lowest BCUT2D eigenvalue weighted by Crippen LogP contribution is -2.23. The lowest BCUT2D eigenvalue weighted by Gasteiger charge is -2.11. The second kappa shape index (κ2) is 7.96. The predicted octanol–water partition coefficient (Wildman–Crippen LogP) is 2.78. The second-order valence-electron chi connectivity index (χ2n) is 6.91. The molecule has 2 N–H and O–H groups in total. The molecule has 2 aromatic heterocycles. The van der Waals surface area contributed by atoms with Gasteiger partial charge in [0.15, 0.2) is 0 Å². The molecule has 3 rings (SSSR count). The zero-order valence-electron chi connectivity index (χ0n) is 16.6. The van der Waals surface area contributed by atoms with Gasteiger partial charge in [0.2, 0.25) is 15.9 Å². The molecule has 0 bridgehead atoms. The summed E-state index contributed by atoms with van der Waals surface area (Å²) in [6.07, 6.45) is 2.61.